The second-order valence-electron chi connectivity index (χ2n) is 2.73. The summed E-state index contributed by atoms with van der Waals surface area (Å²) >= 11 is 1.57. The highest BCUT2D eigenvalue weighted by Gasteiger charge is 2.13. The average molecular weight is 196 g/mol. The first kappa shape index (κ1) is 10.1. The van der Waals surface area contributed by atoms with E-state index >= 15 is 0 Å². The lowest BCUT2D eigenvalue weighted by Crippen LogP contribution is -2.02. The maximum atomic E-state index is 10.5. The predicted molar refractivity (Wildman–Crippen MR) is 55.0 cm³/mol. The molecule has 2 nitrogen and oxygen atoms in total. The van der Waals surface area contributed by atoms with Crippen LogP contribution in [0.5, 0.6) is 0 Å². The molecule has 1 aromatic rings. The van der Waals surface area contributed by atoms with Crippen LogP contribution in [0.25, 0.3) is 0 Å². The topological polar surface area (TPSA) is 37.3 Å². The minimum absolute atomic E-state index is 0.0682. The maximum absolute atomic E-state index is 10.5. The highest BCUT2D eigenvalue weighted by molar-refractivity contribution is 7.98. The normalized spacial score (nSPS) is 12.4. The van der Waals surface area contributed by atoms with Crippen molar-refractivity contribution < 1.29 is 9.90 Å². The van der Waals surface area contributed by atoms with Crippen LogP contribution in [0.4, 0.5) is 0 Å². The molecule has 70 valence electrons. The van der Waals surface area contributed by atoms with E-state index in [1.54, 1.807) is 11.8 Å². The zero-order valence-electron chi connectivity index (χ0n) is 7.43. The van der Waals surface area contributed by atoms with Gasteiger partial charge in [0.1, 0.15) is 0 Å². The molecule has 0 spiro atoms. The van der Waals surface area contributed by atoms with Gasteiger partial charge in [0.15, 0.2) is 0 Å². The summed E-state index contributed by atoms with van der Waals surface area (Å²) in [6.45, 7) is 0. The van der Waals surface area contributed by atoms with Gasteiger partial charge in [-0.2, -0.15) is 11.8 Å². The first-order valence-corrected chi connectivity index (χ1v) is 5.32. The summed E-state index contributed by atoms with van der Waals surface area (Å²) in [5.41, 5.74) is 1.08. The van der Waals surface area contributed by atoms with Crippen molar-refractivity contribution in [3.63, 3.8) is 0 Å². The van der Waals surface area contributed by atoms with Gasteiger partial charge in [-0.15, -0.1) is 0 Å². The van der Waals surface area contributed by atoms with Gasteiger partial charge < -0.3 is 5.11 Å². The van der Waals surface area contributed by atoms with E-state index in [9.17, 15) is 4.79 Å². The molecule has 0 saturated heterocycles. The molecule has 13 heavy (non-hydrogen) atoms. The molecule has 0 heterocycles. The molecule has 0 aliphatic rings. The Balaban J connectivity index is 2.73. The van der Waals surface area contributed by atoms with Gasteiger partial charge in [-0.25, -0.2) is 0 Å². The summed E-state index contributed by atoms with van der Waals surface area (Å²) in [5, 5.41) is 8.73. The van der Waals surface area contributed by atoms with Crippen LogP contribution in [0.1, 0.15) is 17.2 Å². The molecule has 1 N–H and O–H groups in total. The summed E-state index contributed by atoms with van der Waals surface area (Å²) in [7, 11) is 0. The largest absolute Gasteiger partial charge is 0.481 e. The van der Waals surface area contributed by atoms with Gasteiger partial charge in [-0.05, 0) is 11.8 Å². The summed E-state index contributed by atoms with van der Waals surface area (Å²) in [6, 6.07) is 9.72. The third kappa shape index (κ3) is 3.11. The Morgan fingerprint density at radius 1 is 1.46 bits per heavy atom. The first-order chi connectivity index (χ1) is 6.24. The minimum atomic E-state index is -0.747. The number of rotatable bonds is 4. The van der Waals surface area contributed by atoms with E-state index in [1.807, 2.05) is 36.6 Å². The van der Waals surface area contributed by atoms with Crippen molar-refractivity contribution in [2.75, 3.05) is 6.26 Å². The summed E-state index contributed by atoms with van der Waals surface area (Å²) < 4.78 is 0. The number of carbonyl (C=O) groups is 1. The Hall–Kier alpha value is -0.960. The number of benzene rings is 1. The van der Waals surface area contributed by atoms with E-state index in [4.69, 9.17) is 5.11 Å². The van der Waals surface area contributed by atoms with Crippen molar-refractivity contribution in [3.8, 4) is 0 Å². The number of hydrogen-bond donors (Lipinski definition) is 1. The molecule has 1 rings (SSSR count). The van der Waals surface area contributed by atoms with Gasteiger partial charge in [-0.3, -0.25) is 4.79 Å². The molecular weight excluding hydrogens is 184 g/mol. The van der Waals surface area contributed by atoms with Gasteiger partial charge in [0, 0.05) is 5.25 Å². The molecule has 3 heteroatoms. The second-order valence-corrected chi connectivity index (χ2v) is 3.77. The summed E-state index contributed by atoms with van der Waals surface area (Å²) in [4.78, 5) is 10.5. The molecule has 0 amide bonds. The molecule has 0 bridgehead atoms. The number of carboxylic acid groups (broad SMARTS) is 1. The maximum Gasteiger partial charge on any atom is 0.304 e. The van der Waals surface area contributed by atoms with Gasteiger partial charge >= 0.3 is 5.97 Å². The van der Waals surface area contributed by atoms with Gasteiger partial charge in [-0.1, -0.05) is 30.3 Å². The zero-order chi connectivity index (χ0) is 9.68. The van der Waals surface area contributed by atoms with E-state index in [2.05, 4.69) is 0 Å². The molecule has 0 aliphatic carbocycles. The van der Waals surface area contributed by atoms with Crippen LogP contribution in [0.2, 0.25) is 0 Å². The van der Waals surface area contributed by atoms with E-state index in [1.165, 1.54) is 0 Å². The lowest BCUT2D eigenvalue weighted by molar-refractivity contribution is -0.137. The third-order valence-corrected chi connectivity index (χ3v) is 2.82. The SMILES string of the molecule is CSC(CC(=O)O)c1ccccc1. The Morgan fingerprint density at radius 3 is 2.54 bits per heavy atom. The van der Waals surface area contributed by atoms with Crippen LogP contribution in [-0.4, -0.2) is 17.3 Å². The van der Waals surface area contributed by atoms with E-state index < -0.39 is 5.97 Å². The van der Waals surface area contributed by atoms with Crippen LogP contribution in [0, 0.1) is 0 Å². The van der Waals surface area contributed by atoms with Crippen LogP contribution in [-0.2, 0) is 4.79 Å². The van der Waals surface area contributed by atoms with Crippen molar-refractivity contribution in [1.29, 1.82) is 0 Å². The predicted octanol–water partition coefficient (Wildman–Crippen LogP) is 2.57. The molecule has 0 fully saturated rings. The zero-order valence-corrected chi connectivity index (χ0v) is 8.25. The van der Waals surface area contributed by atoms with Crippen molar-refractivity contribution in [2.45, 2.75) is 11.7 Å². The Bertz CT molecular complexity index is 272. The average Bonchev–Trinajstić information content (AvgIpc) is 2.15. The fourth-order valence-corrected chi connectivity index (χ4v) is 1.90. The van der Waals surface area contributed by atoms with Crippen LogP contribution in [0.15, 0.2) is 30.3 Å². The van der Waals surface area contributed by atoms with Crippen LogP contribution < -0.4 is 0 Å². The van der Waals surface area contributed by atoms with E-state index in [0.29, 0.717) is 0 Å². The van der Waals surface area contributed by atoms with E-state index in [0.717, 1.165) is 5.56 Å². The highest BCUT2D eigenvalue weighted by Crippen LogP contribution is 2.29. The lowest BCUT2D eigenvalue weighted by atomic mass is 10.1. The Morgan fingerprint density at radius 2 is 2.08 bits per heavy atom. The van der Waals surface area contributed by atoms with Gasteiger partial charge in [0.25, 0.3) is 0 Å². The summed E-state index contributed by atoms with van der Waals surface area (Å²) in [6.07, 6.45) is 2.12. The number of carboxylic acids is 1. The number of aliphatic carboxylic acids is 1. The molecule has 0 saturated carbocycles. The number of hydrogen-bond acceptors (Lipinski definition) is 2. The molecule has 1 aromatic carbocycles. The molecule has 1 atom stereocenters. The van der Waals surface area contributed by atoms with Crippen molar-refractivity contribution >= 4 is 17.7 Å². The van der Waals surface area contributed by atoms with Crippen molar-refractivity contribution in [3.05, 3.63) is 35.9 Å². The van der Waals surface area contributed by atoms with Gasteiger partial charge in [0.2, 0.25) is 0 Å². The highest BCUT2D eigenvalue weighted by atomic mass is 32.2. The second kappa shape index (κ2) is 4.92. The molecule has 0 aliphatic heterocycles. The molecular formula is C10H12O2S. The first-order valence-electron chi connectivity index (χ1n) is 4.03. The Kier molecular flexibility index (Phi) is 3.83. The van der Waals surface area contributed by atoms with Crippen molar-refractivity contribution in [1.82, 2.24) is 0 Å². The van der Waals surface area contributed by atoms with Crippen LogP contribution >= 0.6 is 11.8 Å². The van der Waals surface area contributed by atoms with Crippen molar-refractivity contribution in [2.24, 2.45) is 0 Å². The third-order valence-electron chi connectivity index (χ3n) is 1.82. The molecule has 1 unspecified atom stereocenters. The number of thioether (sulfide) groups is 1. The fraction of sp³-hybridized carbons (Fsp3) is 0.300. The minimum Gasteiger partial charge on any atom is -0.481 e. The standard InChI is InChI=1S/C10H12O2S/c1-13-9(7-10(11)12)8-5-3-2-4-6-8/h2-6,9H,7H2,1H3,(H,11,12). The smallest absolute Gasteiger partial charge is 0.304 e. The van der Waals surface area contributed by atoms with Crippen LogP contribution in [0.3, 0.4) is 0 Å². The molecule has 0 aromatic heterocycles. The molecule has 0 radical (unpaired) electrons. The van der Waals surface area contributed by atoms with E-state index in [-0.39, 0.29) is 11.7 Å². The lowest BCUT2D eigenvalue weighted by Gasteiger charge is -2.11. The summed E-state index contributed by atoms with van der Waals surface area (Å²) in [5.74, 6) is -0.747. The monoisotopic (exact) mass is 196 g/mol. The van der Waals surface area contributed by atoms with Gasteiger partial charge in [0.05, 0.1) is 6.42 Å². The quantitative estimate of drug-likeness (QED) is 0.804. The Labute approximate surface area is 82.0 Å². The fourth-order valence-electron chi connectivity index (χ4n) is 1.16.